The molecule has 0 spiro atoms. The summed E-state index contributed by atoms with van der Waals surface area (Å²) in [7, 11) is 1.57. The number of hydrogen-bond acceptors (Lipinski definition) is 5. The summed E-state index contributed by atoms with van der Waals surface area (Å²) in [5.41, 5.74) is 1.21. The fourth-order valence-electron chi connectivity index (χ4n) is 4.21. The standard InChI is InChI=1S/C29H30N4O5/c1-19(2)31-26(34)16-20-11-13-22(14-12-20)33-28(36)24-9-4-5-10-25(24)32(29(33)37)18-27(35)30-17-21-7-6-8-23(15-21)38-3/h4-15,19H,16-18H2,1-3H3,(H,30,35)(H,31,34). The van der Waals surface area contributed by atoms with Crippen LogP contribution in [0.1, 0.15) is 25.0 Å². The number of hydrogen-bond donors (Lipinski definition) is 2. The molecule has 9 heteroatoms. The quantitative estimate of drug-likeness (QED) is 0.357. The van der Waals surface area contributed by atoms with Crippen LogP contribution in [-0.2, 0) is 29.1 Å². The number of carbonyl (C=O) groups excluding carboxylic acids is 2. The number of fused-ring (bicyclic) bond motifs is 1. The lowest BCUT2D eigenvalue weighted by Gasteiger charge is -2.15. The van der Waals surface area contributed by atoms with Gasteiger partial charge in [0.15, 0.2) is 0 Å². The molecule has 0 aliphatic rings. The largest absolute Gasteiger partial charge is 0.497 e. The van der Waals surface area contributed by atoms with E-state index in [2.05, 4.69) is 10.6 Å². The molecular formula is C29H30N4O5. The summed E-state index contributed by atoms with van der Waals surface area (Å²) in [4.78, 5) is 51.8. The average molecular weight is 515 g/mol. The molecule has 1 aromatic heterocycles. The lowest BCUT2D eigenvalue weighted by atomic mass is 10.1. The number of amides is 2. The smallest absolute Gasteiger partial charge is 0.336 e. The second-order valence-corrected chi connectivity index (χ2v) is 9.22. The number of ether oxygens (including phenoxy) is 1. The maximum absolute atomic E-state index is 13.5. The third-order valence-electron chi connectivity index (χ3n) is 5.98. The van der Waals surface area contributed by atoms with E-state index in [4.69, 9.17) is 4.74 Å². The van der Waals surface area contributed by atoms with Gasteiger partial charge in [0.25, 0.3) is 5.56 Å². The molecule has 0 saturated heterocycles. The van der Waals surface area contributed by atoms with Gasteiger partial charge in [-0.1, -0.05) is 36.4 Å². The second kappa shape index (κ2) is 11.6. The number of benzene rings is 3. The second-order valence-electron chi connectivity index (χ2n) is 9.22. The molecule has 0 radical (unpaired) electrons. The molecular weight excluding hydrogens is 484 g/mol. The SMILES string of the molecule is COc1cccc(CNC(=O)Cn2c(=O)n(-c3ccc(CC(=O)NC(C)C)cc3)c(=O)c3ccccc32)c1. The molecule has 4 rings (SSSR count). The van der Waals surface area contributed by atoms with Gasteiger partial charge in [0, 0.05) is 12.6 Å². The van der Waals surface area contributed by atoms with E-state index in [0.717, 1.165) is 15.7 Å². The molecule has 0 aliphatic heterocycles. The number of nitrogens with zero attached hydrogens (tertiary/aromatic N) is 2. The van der Waals surface area contributed by atoms with Crippen molar-refractivity contribution in [3.05, 3.63) is 105 Å². The lowest BCUT2D eigenvalue weighted by molar-refractivity contribution is -0.122. The fraction of sp³-hybridized carbons (Fsp3) is 0.241. The summed E-state index contributed by atoms with van der Waals surface area (Å²) >= 11 is 0. The highest BCUT2D eigenvalue weighted by molar-refractivity contribution is 5.82. The van der Waals surface area contributed by atoms with Gasteiger partial charge in [0.2, 0.25) is 11.8 Å². The Morgan fingerprint density at radius 3 is 2.34 bits per heavy atom. The lowest BCUT2D eigenvalue weighted by Crippen LogP contribution is -2.41. The first-order chi connectivity index (χ1) is 18.3. The van der Waals surface area contributed by atoms with Crippen molar-refractivity contribution in [3.63, 3.8) is 0 Å². The third kappa shape index (κ3) is 6.00. The molecule has 0 fully saturated rings. The van der Waals surface area contributed by atoms with Crippen molar-refractivity contribution in [2.45, 2.75) is 39.4 Å². The molecule has 9 nitrogen and oxygen atoms in total. The summed E-state index contributed by atoms with van der Waals surface area (Å²) in [5.74, 6) is 0.187. The molecule has 2 N–H and O–H groups in total. The van der Waals surface area contributed by atoms with E-state index in [1.54, 1.807) is 55.6 Å². The number of rotatable bonds is 9. The Hall–Kier alpha value is -4.66. The van der Waals surface area contributed by atoms with Gasteiger partial charge in [0.1, 0.15) is 12.3 Å². The van der Waals surface area contributed by atoms with Gasteiger partial charge in [-0.25, -0.2) is 9.36 Å². The van der Waals surface area contributed by atoms with Crippen LogP contribution in [0.3, 0.4) is 0 Å². The monoisotopic (exact) mass is 514 g/mol. The highest BCUT2D eigenvalue weighted by atomic mass is 16.5. The molecule has 0 unspecified atom stereocenters. The summed E-state index contributed by atoms with van der Waals surface area (Å²) in [6.07, 6.45) is 0.183. The van der Waals surface area contributed by atoms with E-state index in [-0.39, 0.29) is 37.4 Å². The van der Waals surface area contributed by atoms with Gasteiger partial charge in [-0.05, 0) is 61.4 Å². The Balaban J connectivity index is 1.63. The third-order valence-corrected chi connectivity index (χ3v) is 5.98. The fourth-order valence-corrected chi connectivity index (χ4v) is 4.21. The van der Waals surface area contributed by atoms with Crippen LogP contribution < -0.4 is 26.6 Å². The van der Waals surface area contributed by atoms with Crippen LogP contribution in [0, 0.1) is 0 Å². The summed E-state index contributed by atoms with van der Waals surface area (Å²) in [6.45, 7) is 3.76. The predicted molar refractivity (Wildman–Crippen MR) is 146 cm³/mol. The molecule has 0 saturated carbocycles. The van der Waals surface area contributed by atoms with Crippen molar-refractivity contribution in [1.82, 2.24) is 19.8 Å². The molecule has 0 bridgehead atoms. The van der Waals surface area contributed by atoms with Crippen LogP contribution in [0.25, 0.3) is 16.6 Å². The van der Waals surface area contributed by atoms with Crippen LogP contribution in [0.2, 0.25) is 0 Å². The first-order valence-corrected chi connectivity index (χ1v) is 12.3. The zero-order valence-corrected chi connectivity index (χ0v) is 21.6. The molecule has 38 heavy (non-hydrogen) atoms. The highest BCUT2D eigenvalue weighted by Crippen LogP contribution is 2.13. The Kier molecular flexibility index (Phi) is 8.06. The minimum Gasteiger partial charge on any atom is -0.497 e. The first kappa shape index (κ1) is 26.4. The minimum atomic E-state index is -0.629. The van der Waals surface area contributed by atoms with Crippen molar-refractivity contribution >= 4 is 22.7 Å². The Bertz CT molecular complexity index is 1590. The number of carbonyl (C=O) groups is 2. The van der Waals surface area contributed by atoms with E-state index in [1.165, 1.54) is 4.57 Å². The highest BCUT2D eigenvalue weighted by Gasteiger charge is 2.17. The predicted octanol–water partition coefficient (Wildman–Crippen LogP) is 2.54. The number of para-hydroxylation sites is 1. The van der Waals surface area contributed by atoms with Crippen LogP contribution in [0.4, 0.5) is 0 Å². The molecule has 2 amide bonds. The summed E-state index contributed by atoms with van der Waals surface area (Å²) in [5, 5.41) is 5.97. The van der Waals surface area contributed by atoms with Gasteiger partial charge < -0.3 is 15.4 Å². The van der Waals surface area contributed by atoms with Crippen molar-refractivity contribution in [1.29, 1.82) is 0 Å². The van der Waals surface area contributed by atoms with E-state index >= 15 is 0 Å². The van der Waals surface area contributed by atoms with Crippen molar-refractivity contribution in [2.75, 3.05) is 7.11 Å². The minimum absolute atomic E-state index is 0.0316. The van der Waals surface area contributed by atoms with Gasteiger partial charge in [0.05, 0.1) is 30.1 Å². The van der Waals surface area contributed by atoms with E-state index in [9.17, 15) is 19.2 Å². The Labute approximate surface area is 219 Å². The maximum Gasteiger partial charge on any atom is 0.336 e. The molecule has 1 heterocycles. The van der Waals surface area contributed by atoms with Gasteiger partial charge in [-0.3, -0.25) is 19.0 Å². The van der Waals surface area contributed by atoms with Crippen LogP contribution in [0.15, 0.2) is 82.4 Å². The topological polar surface area (TPSA) is 111 Å². The Morgan fingerprint density at radius 2 is 1.63 bits per heavy atom. The van der Waals surface area contributed by atoms with Gasteiger partial charge >= 0.3 is 5.69 Å². The van der Waals surface area contributed by atoms with Crippen LogP contribution in [0.5, 0.6) is 5.75 Å². The normalized spacial score (nSPS) is 10.9. The summed E-state index contributed by atoms with van der Waals surface area (Å²) < 4.78 is 7.56. The maximum atomic E-state index is 13.5. The van der Waals surface area contributed by atoms with Crippen LogP contribution >= 0.6 is 0 Å². The van der Waals surface area contributed by atoms with Crippen molar-refractivity contribution in [2.24, 2.45) is 0 Å². The number of aromatic nitrogens is 2. The van der Waals surface area contributed by atoms with E-state index in [0.29, 0.717) is 22.3 Å². The molecule has 196 valence electrons. The first-order valence-electron chi connectivity index (χ1n) is 12.3. The van der Waals surface area contributed by atoms with Crippen LogP contribution in [-0.4, -0.2) is 34.1 Å². The molecule has 0 aliphatic carbocycles. The van der Waals surface area contributed by atoms with Crippen molar-refractivity contribution in [3.8, 4) is 11.4 Å². The zero-order valence-electron chi connectivity index (χ0n) is 21.6. The molecule has 0 atom stereocenters. The van der Waals surface area contributed by atoms with Gasteiger partial charge in [-0.15, -0.1) is 0 Å². The van der Waals surface area contributed by atoms with E-state index < -0.39 is 11.2 Å². The van der Waals surface area contributed by atoms with E-state index in [1.807, 2.05) is 38.1 Å². The zero-order chi connectivity index (χ0) is 27.2. The molecule has 3 aromatic carbocycles. The molecule has 4 aromatic rings. The van der Waals surface area contributed by atoms with Gasteiger partial charge in [-0.2, -0.15) is 0 Å². The summed E-state index contributed by atoms with van der Waals surface area (Å²) in [6, 6.07) is 20.7. The number of methoxy groups -OCH3 is 1. The Morgan fingerprint density at radius 1 is 0.895 bits per heavy atom. The van der Waals surface area contributed by atoms with Crippen molar-refractivity contribution < 1.29 is 14.3 Å². The average Bonchev–Trinajstić information content (AvgIpc) is 2.90. The number of nitrogens with one attached hydrogen (secondary N) is 2.